The fourth-order valence-electron chi connectivity index (χ4n) is 2.08. The molecule has 0 aromatic heterocycles. The molecule has 0 atom stereocenters. The van der Waals surface area contributed by atoms with Gasteiger partial charge in [-0.2, -0.15) is 0 Å². The minimum absolute atomic E-state index is 0.182. The largest absolute Gasteiger partial charge is 0.368 e. The monoisotopic (exact) mass is 350 g/mol. The molecule has 1 fully saturated rings. The Balaban J connectivity index is 2.23. The lowest BCUT2D eigenvalue weighted by atomic mass is 10.0. The number of anilines is 1. The lowest BCUT2D eigenvalue weighted by Gasteiger charge is -2.40. The molecule has 0 aliphatic carbocycles. The molecule has 16 heavy (non-hydrogen) atoms. The number of rotatable bonds is 1. The second-order valence-corrected chi connectivity index (χ2v) is 6.43. The normalized spacial score (nSPS) is 19.9. The molecule has 1 aliphatic heterocycles. The average molecular weight is 351 g/mol. The van der Waals surface area contributed by atoms with E-state index in [1.54, 1.807) is 0 Å². The molecular formula is C12H16ClIN2. The summed E-state index contributed by atoms with van der Waals surface area (Å²) in [7, 11) is 0. The molecule has 88 valence electrons. The molecule has 1 aromatic carbocycles. The second kappa shape index (κ2) is 4.70. The van der Waals surface area contributed by atoms with Crippen molar-refractivity contribution in [1.82, 2.24) is 5.32 Å². The van der Waals surface area contributed by atoms with E-state index >= 15 is 0 Å². The molecular weight excluding hydrogens is 335 g/mol. The number of hydrogen-bond donors (Lipinski definition) is 1. The SMILES string of the molecule is CC1(C)CN(c2ccc(Cl)cc2I)CCN1. The molecule has 2 rings (SSSR count). The quantitative estimate of drug-likeness (QED) is 0.783. The fourth-order valence-corrected chi connectivity index (χ4v) is 3.30. The maximum Gasteiger partial charge on any atom is 0.0504 e. The minimum Gasteiger partial charge on any atom is -0.368 e. The summed E-state index contributed by atoms with van der Waals surface area (Å²) in [5, 5.41) is 4.33. The summed E-state index contributed by atoms with van der Waals surface area (Å²) in [5.41, 5.74) is 1.47. The third-order valence-electron chi connectivity index (χ3n) is 2.82. The van der Waals surface area contributed by atoms with Crippen LogP contribution in [0.5, 0.6) is 0 Å². The van der Waals surface area contributed by atoms with Crippen LogP contribution in [-0.2, 0) is 0 Å². The molecule has 1 aliphatic rings. The van der Waals surface area contributed by atoms with Gasteiger partial charge in [-0.15, -0.1) is 0 Å². The van der Waals surface area contributed by atoms with Gasteiger partial charge in [0.25, 0.3) is 0 Å². The second-order valence-electron chi connectivity index (χ2n) is 4.83. The Kier molecular flexibility index (Phi) is 3.66. The van der Waals surface area contributed by atoms with Gasteiger partial charge in [-0.3, -0.25) is 0 Å². The van der Waals surface area contributed by atoms with Crippen LogP contribution in [0.1, 0.15) is 13.8 Å². The molecule has 4 heteroatoms. The molecule has 1 saturated heterocycles. The van der Waals surface area contributed by atoms with Crippen LogP contribution in [0.4, 0.5) is 5.69 Å². The smallest absolute Gasteiger partial charge is 0.0504 e. The van der Waals surface area contributed by atoms with E-state index < -0.39 is 0 Å². The van der Waals surface area contributed by atoms with Gasteiger partial charge in [0.15, 0.2) is 0 Å². The zero-order valence-electron chi connectivity index (χ0n) is 9.56. The number of hydrogen-bond acceptors (Lipinski definition) is 2. The zero-order chi connectivity index (χ0) is 11.8. The van der Waals surface area contributed by atoms with E-state index in [1.165, 1.54) is 9.26 Å². The van der Waals surface area contributed by atoms with E-state index in [0.29, 0.717) is 0 Å². The van der Waals surface area contributed by atoms with Crippen molar-refractivity contribution < 1.29 is 0 Å². The topological polar surface area (TPSA) is 15.3 Å². The van der Waals surface area contributed by atoms with Crippen LogP contribution in [0, 0.1) is 3.57 Å². The van der Waals surface area contributed by atoms with Crippen LogP contribution >= 0.6 is 34.2 Å². The summed E-state index contributed by atoms with van der Waals surface area (Å²) in [6, 6.07) is 6.10. The van der Waals surface area contributed by atoms with Gasteiger partial charge < -0.3 is 10.2 Å². The van der Waals surface area contributed by atoms with Crippen molar-refractivity contribution in [3.05, 3.63) is 26.8 Å². The average Bonchev–Trinajstić information content (AvgIpc) is 2.15. The first kappa shape index (κ1) is 12.5. The predicted molar refractivity (Wildman–Crippen MR) is 78.5 cm³/mol. The van der Waals surface area contributed by atoms with Gasteiger partial charge in [0.05, 0.1) is 5.69 Å². The highest BCUT2D eigenvalue weighted by molar-refractivity contribution is 14.1. The molecule has 1 aromatic rings. The van der Waals surface area contributed by atoms with E-state index in [9.17, 15) is 0 Å². The standard InChI is InChI=1S/C12H16ClIN2/c1-12(2)8-16(6-5-15-12)11-4-3-9(13)7-10(11)14/h3-4,7,15H,5-6,8H2,1-2H3. The summed E-state index contributed by atoms with van der Waals surface area (Å²) < 4.78 is 1.22. The lowest BCUT2D eigenvalue weighted by Crippen LogP contribution is -2.57. The van der Waals surface area contributed by atoms with Gasteiger partial charge in [-0.1, -0.05) is 11.6 Å². The number of halogens is 2. The van der Waals surface area contributed by atoms with Crippen LogP contribution in [0.3, 0.4) is 0 Å². The molecule has 1 N–H and O–H groups in total. The third-order valence-corrected chi connectivity index (χ3v) is 3.92. The van der Waals surface area contributed by atoms with E-state index in [4.69, 9.17) is 11.6 Å². The maximum absolute atomic E-state index is 5.98. The Morgan fingerprint density at radius 3 is 2.81 bits per heavy atom. The molecule has 0 spiro atoms. The van der Waals surface area contributed by atoms with Crippen LogP contribution in [-0.4, -0.2) is 25.2 Å². The number of benzene rings is 1. The Morgan fingerprint density at radius 1 is 1.44 bits per heavy atom. The minimum atomic E-state index is 0.182. The summed E-state index contributed by atoms with van der Waals surface area (Å²) in [6.07, 6.45) is 0. The first-order valence-corrected chi connectivity index (χ1v) is 6.89. The van der Waals surface area contributed by atoms with Gasteiger partial charge in [-0.25, -0.2) is 0 Å². The number of nitrogens with zero attached hydrogens (tertiary/aromatic N) is 1. The highest BCUT2D eigenvalue weighted by atomic mass is 127. The Morgan fingerprint density at radius 2 is 2.19 bits per heavy atom. The van der Waals surface area contributed by atoms with Crippen LogP contribution in [0.15, 0.2) is 18.2 Å². The van der Waals surface area contributed by atoms with E-state index in [0.717, 1.165) is 24.7 Å². The van der Waals surface area contributed by atoms with E-state index in [1.807, 2.05) is 12.1 Å². The predicted octanol–water partition coefficient (Wildman–Crippen LogP) is 3.13. The fraction of sp³-hybridized carbons (Fsp3) is 0.500. The van der Waals surface area contributed by atoms with E-state index in [-0.39, 0.29) is 5.54 Å². The zero-order valence-corrected chi connectivity index (χ0v) is 12.5. The Labute approximate surface area is 115 Å². The lowest BCUT2D eigenvalue weighted by molar-refractivity contribution is 0.353. The molecule has 2 nitrogen and oxygen atoms in total. The summed E-state index contributed by atoms with van der Waals surface area (Å²) in [4.78, 5) is 2.43. The molecule has 0 amide bonds. The number of piperazine rings is 1. The van der Waals surface area contributed by atoms with Gasteiger partial charge in [0, 0.05) is 33.8 Å². The van der Waals surface area contributed by atoms with Crippen molar-refractivity contribution in [2.24, 2.45) is 0 Å². The first-order valence-electron chi connectivity index (χ1n) is 5.43. The van der Waals surface area contributed by atoms with Crippen LogP contribution in [0.25, 0.3) is 0 Å². The van der Waals surface area contributed by atoms with Crippen molar-refractivity contribution in [2.75, 3.05) is 24.5 Å². The van der Waals surface area contributed by atoms with Crippen molar-refractivity contribution in [1.29, 1.82) is 0 Å². The van der Waals surface area contributed by atoms with Crippen molar-refractivity contribution in [2.45, 2.75) is 19.4 Å². The van der Waals surface area contributed by atoms with Crippen LogP contribution in [0.2, 0.25) is 5.02 Å². The molecule has 0 unspecified atom stereocenters. The van der Waals surface area contributed by atoms with Gasteiger partial charge >= 0.3 is 0 Å². The molecule has 0 bridgehead atoms. The molecule has 1 heterocycles. The van der Waals surface area contributed by atoms with Gasteiger partial charge in [0.1, 0.15) is 0 Å². The maximum atomic E-state index is 5.98. The third kappa shape index (κ3) is 2.81. The van der Waals surface area contributed by atoms with Crippen molar-refractivity contribution in [3.8, 4) is 0 Å². The molecule has 0 radical (unpaired) electrons. The van der Waals surface area contributed by atoms with Crippen molar-refractivity contribution >= 4 is 39.9 Å². The first-order chi connectivity index (χ1) is 7.48. The van der Waals surface area contributed by atoms with Crippen LogP contribution < -0.4 is 10.2 Å². The number of nitrogens with one attached hydrogen (secondary N) is 1. The Bertz CT molecular complexity index is 393. The van der Waals surface area contributed by atoms with Gasteiger partial charge in [0.2, 0.25) is 0 Å². The highest BCUT2D eigenvalue weighted by Gasteiger charge is 2.26. The summed E-state index contributed by atoms with van der Waals surface area (Å²) in [6.45, 7) is 7.60. The highest BCUT2D eigenvalue weighted by Crippen LogP contribution is 2.27. The van der Waals surface area contributed by atoms with Crippen molar-refractivity contribution in [3.63, 3.8) is 0 Å². The Hall–Kier alpha value is -0.0000000000000000763. The summed E-state index contributed by atoms with van der Waals surface area (Å²) >= 11 is 8.33. The summed E-state index contributed by atoms with van der Waals surface area (Å²) in [5.74, 6) is 0. The molecule has 0 saturated carbocycles. The van der Waals surface area contributed by atoms with Gasteiger partial charge in [-0.05, 0) is 54.6 Å². The van der Waals surface area contributed by atoms with E-state index in [2.05, 4.69) is 52.7 Å².